The monoisotopic (exact) mass is 434 g/mol. The SMILES string of the molecule is N#Cc1c(-c2ccccc2-n2c3ccccc3c3ccccc32)ccc2oc3ccccc3c12. The highest BCUT2D eigenvalue weighted by atomic mass is 16.3. The smallest absolute Gasteiger partial charge is 0.136 e. The van der Waals surface area contributed by atoms with E-state index in [9.17, 15) is 5.26 Å². The molecule has 5 aromatic carbocycles. The Morgan fingerprint density at radius 2 is 1.18 bits per heavy atom. The Bertz CT molecular complexity index is 1880. The number of aromatic nitrogens is 1. The van der Waals surface area contributed by atoms with E-state index in [0.717, 1.165) is 49.8 Å². The first-order valence-corrected chi connectivity index (χ1v) is 11.3. The van der Waals surface area contributed by atoms with E-state index in [1.165, 1.54) is 10.8 Å². The van der Waals surface area contributed by atoms with Crippen LogP contribution in [0.25, 0.3) is 60.6 Å². The molecular formula is C31H18N2O. The van der Waals surface area contributed by atoms with E-state index in [2.05, 4.69) is 77.4 Å². The van der Waals surface area contributed by atoms with E-state index in [1.807, 2.05) is 42.5 Å². The van der Waals surface area contributed by atoms with Gasteiger partial charge in [0, 0.05) is 32.7 Å². The third-order valence-corrected chi connectivity index (χ3v) is 6.67. The molecule has 3 heteroatoms. The van der Waals surface area contributed by atoms with E-state index < -0.39 is 0 Å². The largest absolute Gasteiger partial charge is 0.456 e. The number of fused-ring (bicyclic) bond motifs is 6. The van der Waals surface area contributed by atoms with Crippen molar-refractivity contribution >= 4 is 43.7 Å². The Morgan fingerprint density at radius 1 is 0.559 bits per heavy atom. The second-order valence-electron chi connectivity index (χ2n) is 8.46. The number of nitriles is 1. The van der Waals surface area contributed by atoms with Gasteiger partial charge >= 0.3 is 0 Å². The van der Waals surface area contributed by atoms with Crippen LogP contribution < -0.4 is 0 Å². The topological polar surface area (TPSA) is 41.9 Å². The van der Waals surface area contributed by atoms with E-state index in [1.54, 1.807) is 0 Å². The lowest BCUT2D eigenvalue weighted by molar-refractivity contribution is 0.669. The van der Waals surface area contributed by atoms with Crippen molar-refractivity contribution in [2.75, 3.05) is 0 Å². The van der Waals surface area contributed by atoms with Crippen molar-refractivity contribution in [2.45, 2.75) is 0 Å². The summed E-state index contributed by atoms with van der Waals surface area (Å²) in [6.07, 6.45) is 0. The quantitative estimate of drug-likeness (QED) is 0.275. The number of benzene rings is 5. The minimum absolute atomic E-state index is 0.635. The van der Waals surface area contributed by atoms with Gasteiger partial charge < -0.3 is 8.98 Å². The normalized spacial score (nSPS) is 11.5. The van der Waals surface area contributed by atoms with Crippen LogP contribution in [-0.2, 0) is 0 Å². The fraction of sp³-hybridized carbons (Fsp3) is 0. The van der Waals surface area contributed by atoms with Crippen LogP contribution in [0, 0.1) is 11.3 Å². The molecule has 34 heavy (non-hydrogen) atoms. The second kappa shape index (κ2) is 7.10. The number of hydrogen-bond donors (Lipinski definition) is 0. The zero-order chi connectivity index (χ0) is 22.6. The Morgan fingerprint density at radius 3 is 1.91 bits per heavy atom. The van der Waals surface area contributed by atoms with Gasteiger partial charge in [-0.15, -0.1) is 0 Å². The summed E-state index contributed by atoms with van der Waals surface area (Å²) in [5, 5.41) is 14.6. The summed E-state index contributed by atoms with van der Waals surface area (Å²) in [7, 11) is 0. The molecule has 0 radical (unpaired) electrons. The van der Waals surface area contributed by atoms with Gasteiger partial charge in [-0.3, -0.25) is 0 Å². The van der Waals surface area contributed by atoms with Crippen LogP contribution in [-0.4, -0.2) is 4.57 Å². The first-order valence-electron chi connectivity index (χ1n) is 11.3. The molecule has 2 aromatic heterocycles. The van der Waals surface area contributed by atoms with Gasteiger partial charge in [-0.25, -0.2) is 0 Å². The van der Waals surface area contributed by atoms with Crippen molar-refractivity contribution < 1.29 is 4.42 Å². The molecule has 0 aliphatic rings. The highest BCUT2D eigenvalue weighted by molar-refractivity contribution is 6.12. The zero-order valence-electron chi connectivity index (χ0n) is 18.2. The molecule has 7 aromatic rings. The molecule has 0 bridgehead atoms. The Balaban J connectivity index is 1.60. The van der Waals surface area contributed by atoms with E-state index >= 15 is 0 Å². The molecule has 2 heterocycles. The van der Waals surface area contributed by atoms with Crippen LogP contribution in [0.5, 0.6) is 0 Å². The van der Waals surface area contributed by atoms with Crippen LogP contribution in [0.4, 0.5) is 0 Å². The van der Waals surface area contributed by atoms with Crippen molar-refractivity contribution in [3.05, 3.63) is 115 Å². The molecule has 0 saturated heterocycles. The second-order valence-corrected chi connectivity index (χ2v) is 8.46. The molecule has 0 spiro atoms. The molecule has 0 atom stereocenters. The van der Waals surface area contributed by atoms with Crippen molar-refractivity contribution in [1.82, 2.24) is 4.57 Å². The molecule has 0 saturated carbocycles. The molecule has 0 unspecified atom stereocenters. The number of rotatable bonds is 2. The third kappa shape index (κ3) is 2.51. The molecule has 0 N–H and O–H groups in total. The van der Waals surface area contributed by atoms with Crippen molar-refractivity contribution in [1.29, 1.82) is 5.26 Å². The molecule has 0 amide bonds. The molecule has 0 fully saturated rings. The van der Waals surface area contributed by atoms with Gasteiger partial charge in [0.05, 0.1) is 22.3 Å². The summed E-state index contributed by atoms with van der Waals surface area (Å²) in [5.74, 6) is 0. The lowest BCUT2D eigenvalue weighted by Gasteiger charge is -2.15. The van der Waals surface area contributed by atoms with Crippen molar-refractivity contribution in [2.24, 2.45) is 0 Å². The Hall–Kier alpha value is -4.81. The van der Waals surface area contributed by atoms with Gasteiger partial charge in [-0.05, 0) is 36.4 Å². The summed E-state index contributed by atoms with van der Waals surface area (Å²) in [4.78, 5) is 0. The van der Waals surface area contributed by atoms with E-state index in [0.29, 0.717) is 5.56 Å². The summed E-state index contributed by atoms with van der Waals surface area (Å²) < 4.78 is 8.35. The lowest BCUT2D eigenvalue weighted by atomic mass is 9.95. The Kier molecular flexibility index (Phi) is 3.91. The molecule has 0 aliphatic heterocycles. The lowest BCUT2D eigenvalue weighted by Crippen LogP contribution is -1.98. The summed E-state index contributed by atoms with van der Waals surface area (Å²) in [6, 6.07) is 39.7. The molecular weight excluding hydrogens is 416 g/mol. The zero-order valence-corrected chi connectivity index (χ0v) is 18.2. The van der Waals surface area contributed by atoms with Gasteiger partial charge in [-0.2, -0.15) is 5.26 Å². The van der Waals surface area contributed by atoms with Crippen molar-refractivity contribution in [3.63, 3.8) is 0 Å². The number of furan rings is 1. The van der Waals surface area contributed by atoms with Gasteiger partial charge in [0.2, 0.25) is 0 Å². The fourth-order valence-electron chi connectivity index (χ4n) is 5.24. The number of hydrogen-bond acceptors (Lipinski definition) is 2. The summed E-state index contributed by atoms with van der Waals surface area (Å²) in [6.45, 7) is 0. The first-order chi connectivity index (χ1) is 16.8. The predicted octanol–water partition coefficient (Wildman–Crippen LogP) is 8.22. The maximum Gasteiger partial charge on any atom is 0.136 e. The third-order valence-electron chi connectivity index (χ3n) is 6.67. The molecule has 0 aliphatic carbocycles. The van der Waals surface area contributed by atoms with Gasteiger partial charge in [0.1, 0.15) is 17.2 Å². The van der Waals surface area contributed by atoms with E-state index in [4.69, 9.17) is 4.42 Å². The highest BCUT2D eigenvalue weighted by Gasteiger charge is 2.20. The molecule has 7 rings (SSSR count). The van der Waals surface area contributed by atoms with Crippen LogP contribution >= 0.6 is 0 Å². The Labute approximate surface area is 195 Å². The number of nitrogens with zero attached hydrogens (tertiary/aromatic N) is 2. The number of para-hydroxylation sites is 4. The first kappa shape index (κ1) is 18.7. The van der Waals surface area contributed by atoms with Gasteiger partial charge in [-0.1, -0.05) is 72.8 Å². The molecule has 158 valence electrons. The van der Waals surface area contributed by atoms with Crippen LogP contribution in [0.2, 0.25) is 0 Å². The molecule has 3 nitrogen and oxygen atoms in total. The van der Waals surface area contributed by atoms with Gasteiger partial charge in [0.25, 0.3) is 0 Å². The summed E-state index contributed by atoms with van der Waals surface area (Å²) in [5.41, 5.74) is 7.41. The minimum atomic E-state index is 0.635. The van der Waals surface area contributed by atoms with E-state index in [-0.39, 0.29) is 0 Å². The maximum atomic E-state index is 10.3. The maximum absolute atomic E-state index is 10.3. The van der Waals surface area contributed by atoms with Crippen LogP contribution in [0.1, 0.15) is 5.56 Å². The van der Waals surface area contributed by atoms with Gasteiger partial charge in [0.15, 0.2) is 0 Å². The highest BCUT2D eigenvalue weighted by Crippen LogP contribution is 2.40. The summed E-state index contributed by atoms with van der Waals surface area (Å²) >= 11 is 0. The van der Waals surface area contributed by atoms with Crippen molar-refractivity contribution in [3.8, 4) is 22.9 Å². The fourth-order valence-corrected chi connectivity index (χ4v) is 5.24. The minimum Gasteiger partial charge on any atom is -0.456 e. The standard InChI is InChI=1S/C31H18N2O/c32-19-25-20(17-18-30-31(25)24-12-4-8-16-29(24)34-30)21-9-1-5-13-26(21)33-27-14-6-2-10-22(27)23-11-3-7-15-28(23)33/h1-18H. The average Bonchev–Trinajstić information content (AvgIpc) is 3.44. The van der Waals surface area contributed by atoms with Crippen LogP contribution in [0.3, 0.4) is 0 Å². The predicted molar refractivity (Wildman–Crippen MR) is 138 cm³/mol. The van der Waals surface area contributed by atoms with Crippen LogP contribution in [0.15, 0.2) is 114 Å². The average molecular weight is 434 g/mol.